The lowest BCUT2D eigenvalue weighted by atomic mass is 9.94. The molecule has 0 aliphatic carbocycles. The first-order valence-corrected chi connectivity index (χ1v) is 7.54. The van der Waals surface area contributed by atoms with E-state index in [1.165, 1.54) is 5.56 Å². The molecule has 4 heteroatoms. The molecule has 0 saturated heterocycles. The summed E-state index contributed by atoms with van der Waals surface area (Å²) in [4.78, 5) is 0. The Hall–Kier alpha value is -0.420. The topological polar surface area (TPSA) is 30.5 Å². The quantitative estimate of drug-likeness (QED) is 0.669. The largest absolute Gasteiger partial charge is 0.382 e. The minimum Gasteiger partial charge on any atom is -0.382 e. The van der Waals surface area contributed by atoms with Crippen molar-refractivity contribution in [1.82, 2.24) is 5.32 Å². The van der Waals surface area contributed by atoms with Gasteiger partial charge in [0.1, 0.15) is 0 Å². The molecule has 1 N–H and O–H groups in total. The summed E-state index contributed by atoms with van der Waals surface area (Å²) >= 11 is 3.47. The molecule has 1 aromatic carbocycles. The number of likely N-dealkylation sites (N-methyl/N-ethyl adjacent to an activating group) is 1. The number of ether oxygens (including phenoxy) is 2. The Labute approximate surface area is 124 Å². The van der Waals surface area contributed by atoms with E-state index in [-0.39, 0.29) is 0 Å². The van der Waals surface area contributed by atoms with Gasteiger partial charge in [-0.05, 0) is 43.5 Å². The van der Waals surface area contributed by atoms with Crippen molar-refractivity contribution in [3.63, 3.8) is 0 Å². The van der Waals surface area contributed by atoms with Crippen molar-refractivity contribution < 1.29 is 9.47 Å². The third-order valence-electron chi connectivity index (χ3n) is 3.06. The zero-order valence-electron chi connectivity index (χ0n) is 11.8. The molecular weight excluding hydrogens is 306 g/mol. The predicted octanol–water partition coefficient (Wildman–Crippen LogP) is 3.20. The van der Waals surface area contributed by atoms with E-state index in [9.17, 15) is 0 Å². The van der Waals surface area contributed by atoms with Crippen molar-refractivity contribution in [3.8, 4) is 0 Å². The van der Waals surface area contributed by atoms with Gasteiger partial charge in [0.15, 0.2) is 0 Å². The molecule has 19 heavy (non-hydrogen) atoms. The fraction of sp³-hybridized carbons (Fsp3) is 0.600. The van der Waals surface area contributed by atoms with Crippen LogP contribution in [-0.2, 0) is 9.47 Å². The summed E-state index contributed by atoms with van der Waals surface area (Å²) in [6.45, 7) is 3.16. The third-order valence-corrected chi connectivity index (χ3v) is 3.59. The summed E-state index contributed by atoms with van der Waals surface area (Å²) < 4.78 is 11.6. The van der Waals surface area contributed by atoms with Crippen LogP contribution in [0.3, 0.4) is 0 Å². The maximum absolute atomic E-state index is 5.50. The second-order valence-corrected chi connectivity index (χ2v) is 5.47. The monoisotopic (exact) mass is 329 g/mol. The smallest absolute Gasteiger partial charge is 0.0700 e. The highest BCUT2D eigenvalue weighted by Crippen LogP contribution is 2.22. The first-order valence-electron chi connectivity index (χ1n) is 6.74. The van der Waals surface area contributed by atoms with Crippen LogP contribution in [0.2, 0.25) is 0 Å². The van der Waals surface area contributed by atoms with Gasteiger partial charge in [0.2, 0.25) is 0 Å². The molecule has 0 fully saturated rings. The lowest BCUT2D eigenvalue weighted by molar-refractivity contribution is 0.0681. The van der Waals surface area contributed by atoms with Crippen LogP contribution in [0.25, 0.3) is 0 Å². The van der Waals surface area contributed by atoms with Crippen LogP contribution in [-0.4, -0.2) is 40.5 Å². The second-order valence-electron chi connectivity index (χ2n) is 4.55. The number of hydrogen-bond acceptors (Lipinski definition) is 3. The fourth-order valence-electron chi connectivity index (χ4n) is 2.04. The van der Waals surface area contributed by atoms with E-state index in [2.05, 4.69) is 45.5 Å². The normalized spacial score (nSPS) is 12.6. The highest BCUT2D eigenvalue weighted by atomic mass is 79.9. The lowest BCUT2D eigenvalue weighted by Gasteiger charge is -2.17. The van der Waals surface area contributed by atoms with Gasteiger partial charge in [0.25, 0.3) is 0 Å². The van der Waals surface area contributed by atoms with Crippen LogP contribution >= 0.6 is 15.9 Å². The van der Waals surface area contributed by atoms with Crippen LogP contribution in [0.15, 0.2) is 28.7 Å². The first kappa shape index (κ1) is 16.6. The molecule has 0 amide bonds. The lowest BCUT2D eigenvalue weighted by Crippen LogP contribution is -2.18. The molecule has 0 aliphatic rings. The van der Waals surface area contributed by atoms with Crippen molar-refractivity contribution in [3.05, 3.63) is 34.3 Å². The van der Waals surface area contributed by atoms with Gasteiger partial charge in [-0.3, -0.25) is 0 Å². The SMILES string of the molecule is CNCC(CCCOCCOC)c1ccc(Br)cc1. The number of hydrogen-bond donors (Lipinski definition) is 1. The molecule has 1 unspecified atom stereocenters. The highest BCUT2D eigenvalue weighted by molar-refractivity contribution is 9.10. The van der Waals surface area contributed by atoms with Crippen molar-refractivity contribution in [1.29, 1.82) is 0 Å². The van der Waals surface area contributed by atoms with E-state index < -0.39 is 0 Å². The average Bonchev–Trinajstić information content (AvgIpc) is 2.42. The molecule has 0 saturated carbocycles. The number of halogens is 1. The van der Waals surface area contributed by atoms with Crippen molar-refractivity contribution >= 4 is 15.9 Å². The van der Waals surface area contributed by atoms with E-state index in [0.717, 1.165) is 30.5 Å². The molecular formula is C15H24BrNO2. The Balaban J connectivity index is 2.34. The summed E-state index contributed by atoms with van der Waals surface area (Å²) in [5.74, 6) is 0.545. The van der Waals surface area contributed by atoms with Gasteiger partial charge in [0.05, 0.1) is 13.2 Å². The zero-order chi connectivity index (χ0) is 13.9. The van der Waals surface area contributed by atoms with Gasteiger partial charge < -0.3 is 14.8 Å². The molecule has 3 nitrogen and oxygen atoms in total. The van der Waals surface area contributed by atoms with Gasteiger partial charge in [-0.1, -0.05) is 28.1 Å². The average molecular weight is 330 g/mol. The van der Waals surface area contributed by atoms with Gasteiger partial charge in [-0.25, -0.2) is 0 Å². The maximum Gasteiger partial charge on any atom is 0.0700 e. The van der Waals surface area contributed by atoms with Crippen LogP contribution in [0.1, 0.15) is 24.3 Å². The summed E-state index contributed by atoms with van der Waals surface area (Å²) in [5, 5.41) is 3.27. The maximum atomic E-state index is 5.50. The predicted molar refractivity (Wildman–Crippen MR) is 82.7 cm³/mol. The van der Waals surface area contributed by atoms with E-state index in [0.29, 0.717) is 19.1 Å². The number of methoxy groups -OCH3 is 1. The molecule has 0 aliphatic heterocycles. The molecule has 1 rings (SSSR count). The molecule has 0 heterocycles. The second kappa shape index (κ2) is 10.4. The van der Waals surface area contributed by atoms with Crippen molar-refractivity contribution in [2.75, 3.05) is 40.5 Å². The molecule has 0 bridgehead atoms. The Morgan fingerprint density at radius 2 is 1.89 bits per heavy atom. The Morgan fingerprint density at radius 1 is 1.16 bits per heavy atom. The fourth-order valence-corrected chi connectivity index (χ4v) is 2.31. The van der Waals surface area contributed by atoms with Gasteiger partial charge >= 0.3 is 0 Å². The minimum absolute atomic E-state index is 0.545. The summed E-state index contributed by atoms with van der Waals surface area (Å²) in [5.41, 5.74) is 1.38. The Morgan fingerprint density at radius 3 is 2.53 bits per heavy atom. The minimum atomic E-state index is 0.545. The van der Waals surface area contributed by atoms with Crippen LogP contribution in [0.5, 0.6) is 0 Å². The Kier molecular flexibility index (Phi) is 9.08. The van der Waals surface area contributed by atoms with E-state index in [4.69, 9.17) is 9.47 Å². The standard InChI is InChI=1S/C15H24BrNO2/c1-17-12-14(4-3-9-19-11-10-18-2)13-5-7-15(16)8-6-13/h5-8,14,17H,3-4,9-12H2,1-2H3. The van der Waals surface area contributed by atoms with Crippen molar-refractivity contribution in [2.45, 2.75) is 18.8 Å². The molecule has 1 aromatic rings. The molecule has 1 atom stereocenters. The van der Waals surface area contributed by atoms with Gasteiger partial charge in [-0.15, -0.1) is 0 Å². The summed E-state index contributed by atoms with van der Waals surface area (Å²) in [6, 6.07) is 8.59. The molecule has 0 spiro atoms. The number of rotatable bonds is 10. The highest BCUT2D eigenvalue weighted by Gasteiger charge is 2.10. The van der Waals surface area contributed by atoms with Gasteiger partial charge in [-0.2, -0.15) is 0 Å². The third kappa shape index (κ3) is 7.06. The number of nitrogens with one attached hydrogen (secondary N) is 1. The molecule has 0 aromatic heterocycles. The van der Waals surface area contributed by atoms with E-state index in [1.54, 1.807) is 7.11 Å². The van der Waals surface area contributed by atoms with Crippen LogP contribution < -0.4 is 5.32 Å². The molecule has 108 valence electrons. The van der Waals surface area contributed by atoms with Crippen LogP contribution in [0.4, 0.5) is 0 Å². The van der Waals surface area contributed by atoms with Crippen LogP contribution in [0, 0.1) is 0 Å². The number of benzene rings is 1. The van der Waals surface area contributed by atoms with E-state index >= 15 is 0 Å². The molecule has 0 radical (unpaired) electrons. The van der Waals surface area contributed by atoms with Crippen molar-refractivity contribution in [2.24, 2.45) is 0 Å². The summed E-state index contributed by atoms with van der Waals surface area (Å²) in [7, 11) is 3.70. The summed E-state index contributed by atoms with van der Waals surface area (Å²) in [6.07, 6.45) is 2.21. The van der Waals surface area contributed by atoms with E-state index in [1.807, 2.05) is 7.05 Å². The first-order chi connectivity index (χ1) is 9.27. The zero-order valence-corrected chi connectivity index (χ0v) is 13.4. The van der Waals surface area contributed by atoms with Gasteiger partial charge in [0, 0.05) is 24.7 Å². The Bertz CT molecular complexity index is 329.